The molecule has 0 unspecified atom stereocenters. The van der Waals surface area contributed by atoms with Gasteiger partial charge in [0.15, 0.2) is 0 Å². The van der Waals surface area contributed by atoms with Gasteiger partial charge in [0.2, 0.25) is 5.91 Å². The maximum absolute atomic E-state index is 12.1. The maximum Gasteiger partial charge on any atom is 0.238 e. The van der Waals surface area contributed by atoms with Crippen LogP contribution < -0.4 is 14.8 Å². The second-order valence-electron chi connectivity index (χ2n) is 6.42. The predicted molar refractivity (Wildman–Crippen MR) is 103 cm³/mol. The van der Waals surface area contributed by atoms with Crippen LogP contribution in [0.15, 0.2) is 54.6 Å². The van der Waals surface area contributed by atoms with Gasteiger partial charge in [0.05, 0.1) is 6.54 Å². The van der Waals surface area contributed by atoms with Gasteiger partial charge < -0.3 is 14.8 Å². The summed E-state index contributed by atoms with van der Waals surface area (Å²) in [6.07, 6.45) is 3.65. The number of nitrogens with zero attached hydrogens (tertiary/aromatic N) is 1. The van der Waals surface area contributed by atoms with Gasteiger partial charge in [-0.3, -0.25) is 9.69 Å². The van der Waals surface area contributed by atoms with Crippen molar-refractivity contribution in [1.29, 1.82) is 0 Å². The molecule has 0 aliphatic carbocycles. The summed E-state index contributed by atoms with van der Waals surface area (Å²) in [5, 5.41) is 2.94. The van der Waals surface area contributed by atoms with E-state index in [-0.39, 0.29) is 5.91 Å². The van der Waals surface area contributed by atoms with Crippen LogP contribution in [0.2, 0.25) is 0 Å². The highest BCUT2D eigenvalue weighted by molar-refractivity contribution is 5.92. The largest absolute Gasteiger partial charge is 0.490 e. The van der Waals surface area contributed by atoms with E-state index < -0.39 is 0 Å². The molecule has 1 amide bonds. The van der Waals surface area contributed by atoms with E-state index in [4.69, 9.17) is 9.47 Å². The zero-order valence-corrected chi connectivity index (χ0v) is 15.0. The van der Waals surface area contributed by atoms with Crippen molar-refractivity contribution >= 4 is 11.6 Å². The van der Waals surface area contributed by atoms with Crippen molar-refractivity contribution < 1.29 is 14.3 Å². The molecule has 1 aliphatic heterocycles. The van der Waals surface area contributed by atoms with Crippen molar-refractivity contribution in [3.63, 3.8) is 0 Å². The fourth-order valence-electron chi connectivity index (χ4n) is 2.99. The Labute approximate surface area is 154 Å². The van der Waals surface area contributed by atoms with E-state index in [0.717, 1.165) is 30.3 Å². The lowest BCUT2D eigenvalue weighted by molar-refractivity contribution is -0.117. The van der Waals surface area contributed by atoms with Gasteiger partial charge in [-0.15, -0.1) is 0 Å². The fourth-order valence-corrected chi connectivity index (χ4v) is 2.99. The number of ether oxygens (including phenoxy) is 2. The Morgan fingerprint density at radius 3 is 2.12 bits per heavy atom. The highest BCUT2D eigenvalue weighted by Crippen LogP contribution is 2.16. The van der Waals surface area contributed by atoms with Crippen LogP contribution in [0.25, 0.3) is 0 Å². The maximum atomic E-state index is 12.1. The van der Waals surface area contributed by atoms with Crippen LogP contribution >= 0.6 is 0 Å². The molecule has 5 nitrogen and oxygen atoms in total. The van der Waals surface area contributed by atoms with Gasteiger partial charge in [0.1, 0.15) is 24.7 Å². The second kappa shape index (κ2) is 9.82. The van der Waals surface area contributed by atoms with Gasteiger partial charge in [-0.1, -0.05) is 24.6 Å². The van der Waals surface area contributed by atoms with Gasteiger partial charge in [-0.2, -0.15) is 0 Å². The lowest BCUT2D eigenvalue weighted by Crippen LogP contribution is -2.36. The first kappa shape index (κ1) is 18.3. The van der Waals surface area contributed by atoms with Crippen LogP contribution in [0.1, 0.15) is 19.3 Å². The number of para-hydroxylation sites is 1. The number of nitrogens with one attached hydrogen (secondary N) is 1. The van der Waals surface area contributed by atoms with Crippen LogP contribution in [0.5, 0.6) is 11.5 Å². The molecule has 1 saturated heterocycles. The summed E-state index contributed by atoms with van der Waals surface area (Å²) in [6.45, 7) is 3.46. The zero-order valence-electron chi connectivity index (χ0n) is 15.0. The second-order valence-corrected chi connectivity index (χ2v) is 6.42. The predicted octanol–water partition coefficient (Wildman–Crippen LogP) is 3.57. The molecule has 2 aromatic rings. The summed E-state index contributed by atoms with van der Waals surface area (Å²) in [6, 6.07) is 17.1. The fraction of sp³-hybridized carbons (Fsp3) is 0.381. The van der Waals surface area contributed by atoms with Crippen molar-refractivity contribution in [1.82, 2.24) is 4.90 Å². The first-order chi connectivity index (χ1) is 12.8. The number of anilines is 1. The minimum absolute atomic E-state index is 0.0387. The van der Waals surface area contributed by atoms with E-state index in [1.807, 2.05) is 54.6 Å². The topological polar surface area (TPSA) is 50.8 Å². The molecule has 1 aliphatic rings. The van der Waals surface area contributed by atoms with Gasteiger partial charge in [-0.05, 0) is 62.3 Å². The summed E-state index contributed by atoms with van der Waals surface area (Å²) in [5.41, 5.74) is 0.792. The van der Waals surface area contributed by atoms with E-state index in [0.29, 0.717) is 19.8 Å². The Morgan fingerprint density at radius 2 is 1.46 bits per heavy atom. The lowest BCUT2D eigenvalue weighted by atomic mass is 10.1. The molecule has 1 N–H and O–H groups in total. The molecule has 26 heavy (non-hydrogen) atoms. The van der Waals surface area contributed by atoms with Gasteiger partial charge in [0.25, 0.3) is 0 Å². The van der Waals surface area contributed by atoms with E-state index >= 15 is 0 Å². The average Bonchev–Trinajstić information content (AvgIpc) is 2.68. The van der Waals surface area contributed by atoms with Crippen molar-refractivity contribution in [2.24, 2.45) is 0 Å². The molecular weight excluding hydrogens is 328 g/mol. The Balaban J connectivity index is 1.36. The Hall–Kier alpha value is -2.53. The quantitative estimate of drug-likeness (QED) is 0.737. The van der Waals surface area contributed by atoms with E-state index in [2.05, 4.69) is 10.2 Å². The number of likely N-dealkylation sites (tertiary alicyclic amines) is 1. The number of hydrogen-bond acceptors (Lipinski definition) is 4. The first-order valence-electron chi connectivity index (χ1n) is 9.22. The van der Waals surface area contributed by atoms with Gasteiger partial charge in [0, 0.05) is 5.69 Å². The highest BCUT2D eigenvalue weighted by Gasteiger charge is 2.13. The number of carbonyl (C=O) groups excluding carboxylic acids is 1. The van der Waals surface area contributed by atoms with E-state index in [1.165, 1.54) is 19.3 Å². The van der Waals surface area contributed by atoms with Crippen LogP contribution in [-0.4, -0.2) is 43.7 Å². The molecule has 1 fully saturated rings. The van der Waals surface area contributed by atoms with Crippen molar-refractivity contribution in [2.45, 2.75) is 19.3 Å². The third-order valence-electron chi connectivity index (χ3n) is 4.32. The number of amides is 1. The van der Waals surface area contributed by atoms with Crippen molar-refractivity contribution in [3.8, 4) is 11.5 Å². The molecule has 0 bridgehead atoms. The molecule has 138 valence electrons. The third kappa shape index (κ3) is 6.08. The zero-order chi connectivity index (χ0) is 18.0. The molecule has 1 heterocycles. The molecule has 2 aromatic carbocycles. The Morgan fingerprint density at radius 1 is 0.846 bits per heavy atom. The Kier molecular flexibility index (Phi) is 6.90. The molecular formula is C21H26N2O3. The van der Waals surface area contributed by atoms with E-state index in [9.17, 15) is 4.79 Å². The van der Waals surface area contributed by atoms with E-state index in [1.54, 1.807) is 0 Å². The third-order valence-corrected chi connectivity index (χ3v) is 4.32. The molecule has 0 aromatic heterocycles. The van der Waals surface area contributed by atoms with Crippen LogP contribution in [0.3, 0.4) is 0 Å². The Bertz CT molecular complexity index is 667. The van der Waals surface area contributed by atoms with Crippen LogP contribution in [-0.2, 0) is 4.79 Å². The number of hydrogen-bond donors (Lipinski definition) is 1. The minimum atomic E-state index is 0.0387. The smallest absolute Gasteiger partial charge is 0.238 e. The van der Waals surface area contributed by atoms with Crippen molar-refractivity contribution in [2.75, 3.05) is 38.2 Å². The summed E-state index contributed by atoms with van der Waals surface area (Å²) in [5.74, 6) is 1.63. The highest BCUT2D eigenvalue weighted by atomic mass is 16.5. The minimum Gasteiger partial charge on any atom is -0.490 e. The molecule has 5 heteroatoms. The number of piperidine rings is 1. The summed E-state index contributed by atoms with van der Waals surface area (Å²) in [4.78, 5) is 14.3. The molecule has 0 atom stereocenters. The van der Waals surface area contributed by atoms with Gasteiger partial charge >= 0.3 is 0 Å². The number of benzene rings is 2. The molecule has 0 spiro atoms. The van der Waals surface area contributed by atoms with Crippen LogP contribution in [0, 0.1) is 0 Å². The summed E-state index contributed by atoms with van der Waals surface area (Å²) < 4.78 is 11.3. The van der Waals surface area contributed by atoms with Crippen LogP contribution in [0.4, 0.5) is 5.69 Å². The standard InChI is InChI=1S/C21H26N2O3/c24-21(17-23-13-5-2-6-14-23)22-18-9-11-20(12-10-18)26-16-15-25-19-7-3-1-4-8-19/h1,3-4,7-12H,2,5-6,13-17H2,(H,22,24). The molecule has 3 rings (SSSR count). The first-order valence-corrected chi connectivity index (χ1v) is 9.22. The molecule has 0 saturated carbocycles. The average molecular weight is 354 g/mol. The van der Waals surface area contributed by atoms with Crippen molar-refractivity contribution in [3.05, 3.63) is 54.6 Å². The summed E-state index contributed by atoms with van der Waals surface area (Å²) in [7, 11) is 0. The monoisotopic (exact) mass is 354 g/mol. The molecule has 0 radical (unpaired) electrons. The SMILES string of the molecule is O=C(CN1CCCCC1)Nc1ccc(OCCOc2ccccc2)cc1. The number of carbonyl (C=O) groups is 1. The lowest BCUT2D eigenvalue weighted by Gasteiger charge is -2.25. The number of rotatable bonds is 8. The van der Waals surface area contributed by atoms with Gasteiger partial charge in [-0.25, -0.2) is 0 Å². The normalized spacial score (nSPS) is 14.6. The summed E-state index contributed by atoms with van der Waals surface area (Å²) >= 11 is 0.